The van der Waals surface area contributed by atoms with Crippen molar-refractivity contribution in [3.05, 3.63) is 48.3 Å². The van der Waals surface area contributed by atoms with Crippen LogP contribution in [0.3, 0.4) is 0 Å². The quantitative estimate of drug-likeness (QED) is 0.932. The van der Waals surface area contributed by atoms with Crippen LogP contribution in [-0.2, 0) is 4.74 Å². The van der Waals surface area contributed by atoms with Gasteiger partial charge in [0.1, 0.15) is 0 Å². The van der Waals surface area contributed by atoms with Crippen LogP contribution >= 0.6 is 0 Å². The van der Waals surface area contributed by atoms with E-state index in [-0.39, 0.29) is 18.1 Å². The third-order valence-corrected chi connectivity index (χ3v) is 4.92. The number of nitrogens with zero attached hydrogens (tertiary/aromatic N) is 3. The molecular formula is C19H22N4O2. The lowest BCUT2D eigenvalue weighted by Crippen LogP contribution is -2.54. The number of benzene rings is 1. The molecule has 0 radical (unpaired) electrons. The molecule has 6 nitrogen and oxygen atoms in total. The Morgan fingerprint density at radius 2 is 1.88 bits per heavy atom. The van der Waals surface area contributed by atoms with Crippen LogP contribution in [0.15, 0.2) is 42.7 Å². The molecule has 1 aliphatic heterocycles. The van der Waals surface area contributed by atoms with Crippen LogP contribution < -0.4 is 5.32 Å². The second-order valence-electron chi connectivity index (χ2n) is 6.55. The van der Waals surface area contributed by atoms with Crippen LogP contribution in [0, 0.1) is 0 Å². The van der Waals surface area contributed by atoms with E-state index in [9.17, 15) is 4.79 Å². The lowest BCUT2D eigenvalue weighted by atomic mass is 9.90. The van der Waals surface area contributed by atoms with Crippen LogP contribution in [0.4, 0.5) is 11.6 Å². The first-order valence-corrected chi connectivity index (χ1v) is 8.88. The fourth-order valence-corrected chi connectivity index (χ4v) is 3.67. The molecule has 1 saturated carbocycles. The maximum absolute atomic E-state index is 12.9. The van der Waals surface area contributed by atoms with Crippen molar-refractivity contribution in [3.8, 4) is 0 Å². The SMILES string of the molecule is O=C(c1cnc(Nc2ccccc2)nc1)N1CCO[C@@H]2CCCC[C@H]21. The number of hydrogen-bond acceptors (Lipinski definition) is 5. The predicted octanol–water partition coefficient (Wildman–Crippen LogP) is 3.00. The molecule has 2 aliphatic rings. The number of anilines is 2. The van der Waals surface area contributed by atoms with E-state index in [1.165, 1.54) is 6.42 Å². The highest BCUT2D eigenvalue weighted by Crippen LogP contribution is 2.29. The standard InChI is InChI=1S/C19H22N4O2/c24-18(23-10-11-25-17-9-5-4-8-16(17)23)14-12-20-19(21-13-14)22-15-6-2-1-3-7-15/h1-3,6-7,12-13,16-17H,4-5,8-11H2,(H,20,21,22)/t16-,17-/m1/s1. The first-order valence-electron chi connectivity index (χ1n) is 8.88. The summed E-state index contributed by atoms with van der Waals surface area (Å²) in [4.78, 5) is 23.4. The predicted molar refractivity (Wildman–Crippen MR) is 94.8 cm³/mol. The molecule has 0 bridgehead atoms. The molecule has 1 saturated heterocycles. The number of aromatic nitrogens is 2. The summed E-state index contributed by atoms with van der Waals surface area (Å²) >= 11 is 0. The average Bonchev–Trinajstić information content (AvgIpc) is 2.68. The smallest absolute Gasteiger partial charge is 0.257 e. The zero-order valence-corrected chi connectivity index (χ0v) is 14.1. The van der Waals surface area contributed by atoms with Gasteiger partial charge in [-0.2, -0.15) is 0 Å². The molecule has 2 heterocycles. The molecule has 2 aromatic rings. The molecule has 6 heteroatoms. The van der Waals surface area contributed by atoms with E-state index >= 15 is 0 Å². The minimum atomic E-state index is 0.00598. The van der Waals surface area contributed by atoms with Gasteiger partial charge in [0.05, 0.1) is 24.3 Å². The minimum absolute atomic E-state index is 0.00598. The highest BCUT2D eigenvalue weighted by Gasteiger charge is 2.37. The average molecular weight is 338 g/mol. The van der Waals surface area contributed by atoms with Crippen molar-refractivity contribution >= 4 is 17.5 Å². The highest BCUT2D eigenvalue weighted by molar-refractivity contribution is 5.94. The first-order chi connectivity index (χ1) is 12.3. The Labute approximate surface area is 147 Å². The molecule has 0 spiro atoms. The second-order valence-corrected chi connectivity index (χ2v) is 6.55. The molecule has 1 aromatic carbocycles. The number of fused-ring (bicyclic) bond motifs is 1. The van der Waals surface area contributed by atoms with Crippen molar-refractivity contribution in [2.75, 3.05) is 18.5 Å². The number of para-hydroxylation sites is 1. The summed E-state index contributed by atoms with van der Waals surface area (Å²) in [6.07, 6.45) is 7.81. The largest absolute Gasteiger partial charge is 0.374 e. The van der Waals surface area contributed by atoms with E-state index in [0.29, 0.717) is 24.7 Å². The van der Waals surface area contributed by atoms with Crippen molar-refractivity contribution in [1.29, 1.82) is 0 Å². The van der Waals surface area contributed by atoms with Gasteiger partial charge in [-0.15, -0.1) is 0 Å². The molecular weight excluding hydrogens is 316 g/mol. The van der Waals surface area contributed by atoms with Crippen LogP contribution in [-0.4, -0.2) is 46.1 Å². The second kappa shape index (κ2) is 7.19. The summed E-state index contributed by atoms with van der Waals surface area (Å²) in [5.41, 5.74) is 1.45. The molecule has 1 aliphatic carbocycles. The van der Waals surface area contributed by atoms with Crippen LogP contribution in [0.5, 0.6) is 0 Å². The Morgan fingerprint density at radius 3 is 2.68 bits per heavy atom. The molecule has 0 unspecified atom stereocenters. The lowest BCUT2D eigenvalue weighted by molar-refractivity contribution is -0.0753. The molecule has 130 valence electrons. The molecule has 2 fully saturated rings. The number of carbonyl (C=O) groups excluding carboxylic acids is 1. The highest BCUT2D eigenvalue weighted by atomic mass is 16.5. The molecule has 1 N–H and O–H groups in total. The number of amides is 1. The van der Waals surface area contributed by atoms with Crippen LogP contribution in [0.2, 0.25) is 0 Å². The molecule has 25 heavy (non-hydrogen) atoms. The minimum Gasteiger partial charge on any atom is -0.374 e. The maximum atomic E-state index is 12.9. The van der Waals surface area contributed by atoms with E-state index in [1.807, 2.05) is 35.2 Å². The molecule has 4 rings (SSSR count). The van der Waals surface area contributed by atoms with Gasteiger partial charge >= 0.3 is 0 Å². The van der Waals surface area contributed by atoms with Crippen molar-refractivity contribution < 1.29 is 9.53 Å². The summed E-state index contributed by atoms with van der Waals surface area (Å²) in [5, 5.41) is 3.13. The van der Waals surface area contributed by atoms with Gasteiger partial charge in [0, 0.05) is 24.6 Å². The zero-order chi connectivity index (χ0) is 17.1. The Kier molecular flexibility index (Phi) is 4.61. The summed E-state index contributed by atoms with van der Waals surface area (Å²) in [6.45, 7) is 1.26. The zero-order valence-electron chi connectivity index (χ0n) is 14.1. The van der Waals surface area contributed by atoms with Gasteiger partial charge in [-0.25, -0.2) is 9.97 Å². The first kappa shape index (κ1) is 16.0. The number of nitrogens with one attached hydrogen (secondary N) is 1. The fraction of sp³-hybridized carbons (Fsp3) is 0.421. The summed E-state index contributed by atoms with van der Waals surface area (Å²) < 4.78 is 5.85. The lowest BCUT2D eigenvalue weighted by Gasteiger charge is -2.43. The van der Waals surface area contributed by atoms with E-state index in [0.717, 1.165) is 24.9 Å². The van der Waals surface area contributed by atoms with E-state index in [4.69, 9.17) is 4.74 Å². The number of hydrogen-bond donors (Lipinski definition) is 1. The summed E-state index contributed by atoms with van der Waals surface area (Å²) in [7, 11) is 0. The Bertz CT molecular complexity index is 718. The van der Waals surface area contributed by atoms with Crippen molar-refractivity contribution in [2.45, 2.75) is 37.8 Å². The maximum Gasteiger partial charge on any atom is 0.257 e. The van der Waals surface area contributed by atoms with Crippen LogP contribution in [0.1, 0.15) is 36.0 Å². The van der Waals surface area contributed by atoms with E-state index in [1.54, 1.807) is 12.4 Å². The van der Waals surface area contributed by atoms with Gasteiger partial charge < -0.3 is 15.0 Å². The van der Waals surface area contributed by atoms with Crippen molar-refractivity contribution in [3.63, 3.8) is 0 Å². The van der Waals surface area contributed by atoms with E-state index in [2.05, 4.69) is 15.3 Å². The molecule has 2 atom stereocenters. The van der Waals surface area contributed by atoms with Crippen LogP contribution in [0.25, 0.3) is 0 Å². The number of carbonyl (C=O) groups is 1. The number of morpholine rings is 1. The Balaban J connectivity index is 1.46. The Hall–Kier alpha value is -2.47. The normalized spacial score (nSPS) is 23.0. The molecule has 1 amide bonds. The third-order valence-electron chi connectivity index (χ3n) is 4.92. The Morgan fingerprint density at radius 1 is 1.12 bits per heavy atom. The summed E-state index contributed by atoms with van der Waals surface area (Å²) in [5.74, 6) is 0.492. The van der Waals surface area contributed by atoms with Gasteiger partial charge in [-0.3, -0.25) is 4.79 Å². The van der Waals surface area contributed by atoms with Gasteiger partial charge in [-0.1, -0.05) is 31.0 Å². The van der Waals surface area contributed by atoms with Crippen molar-refractivity contribution in [2.24, 2.45) is 0 Å². The third kappa shape index (κ3) is 3.49. The summed E-state index contributed by atoms with van der Waals surface area (Å²) in [6, 6.07) is 9.92. The van der Waals surface area contributed by atoms with Gasteiger partial charge in [-0.05, 0) is 25.0 Å². The number of ether oxygens (including phenoxy) is 1. The monoisotopic (exact) mass is 338 g/mol. The topological polar surface area (TPSA) is 67.4 Å². The number of rotatable bonds is 3. The molecule has 1 aromatic heterocycles. The van der Waals surface area contributed by atoms with Gasteiger partial charge in [0.25, 0.3) is 5.91 Å². The van der Waals surface area contributed by atoms with Gasteiger partial charge in [0.2, 0.25) is 5.95 Å². The van der Waals surface area contributed by atoms with Crippen molar-refractivity contribution in [1.82, 2.24) is 14.9 Å². The fourth-order valence-electron chi connectivity index (χ4n) is 3.67. The van der Waals surface area contributed by atoms with E-state index < -0.39 is 0 Å². The van der Waals surface area contributed by atoms with Gasteiger partial charge in [0.15, 0.2) is 0 Å².